The minimum atomic E-state index is 0.520. The number of nitrogens with one attached hydrogen (secondary N) is 1. The molecule has 1 aromatic rings. The van der Waals surface area contributed by atoms with Crippen molar-refractivity contribution < 1.29 is 0 Å². The third-order valence-electron chi connectivity index (χ3n) is 3.71. The molecule has 0 aliphatic rings. The third kappa shape index (κ3) is 6.72. The summed E-state index contributed by atoms with van der Waals surface area (Å²) in [6.07, 6.45) is 3.38. The summed E-state index contributed by atoms with van der Waals surface area (Å²) in [6, 6.07) is 7.90. The SMILES string of the molecule is CCC(CSC)N(C)Cc1ccc(CNC(C)C)cc1Br. The van der Waals surface area contributed by atoms with Crippen molar-refractivity contribution in [3.8, 4) is 0 Å². The largest absolute Gasteiger partial charge is 0.310 e. The van der Waals surface area contributed by atoms with Gasteiger partial charge in [0.2, 0.25) is 0 Å². The van der Waals surface area contributed by atoms with Crippen molar-refractivity contribution in [1.29, 1.82) is 0 Å². The minimum Gasteiger partial charge on any atom is -0.310 e. The molecule has 1 unspecified atom stereocenters. The Hall–Kier alpha value is -0.0300. The summed E-state index contributed by atoms with van der Waals surface area (Å²) in [7, 11) is 2.23. The molecule has 1 aromatic carbocycles. The van der Waals surface area contributed by atoms with Crippen molar-refractivity contribution >= 4 is 27.7 Å². The second kappa shape index (κ2) is 9.88. The van der Waals surface area contributed by atoms with E-state index in [4.69, 9.17) is 0 Å². The van der Waals surface area contributed by atoms with Crippen molar-refractivity contribution in [2.75, 3.05) is 19.1 Å². The van der Waals surface area contributed by atoms with Crippen LogP contribution in [0.3, 0.4) is 0 Å². The van der Waals surface area contributed by atoms with E-state index >= 15 is 0 Å². The quantitative estimate of drug-likeness (QED) is 0.685. The smallest absolute Gasteiger partial charge is 0.0245 e. The van der Waals surface area contributed by atoms with Crippen LogP contribution in [-0.2, 0) is 13.1 Å². The predicted molar refractivity (Wildman–Crippen MR) is 100 cm³/mol. The molecule has 0 saturated heterocycles. The molecule has 1 atom stereocenters. The van der Waals surface area contributed by atoms with Crippen molar-refractivity contribution in [3.63, 3.8) is 0 Å². The first-order valence-corrected chi connectivity index (χ1v) is 9.86. The summed E-state index contributed by atoms with van der Waals surface area (Å²) >= 11 is 5.66. The monoisotopic (exact) mass is 372 g/mol. The van der Waals surface area contributed by atoms with E-state index in [9.17, 15) is 0 Å². The summed E-state index contributed by atoms with van der Waals surface area (Å²) in [5, 5.41) is 3.46. The van der Waals surface area contributed by atoms with Crippen LogP contribution in [0.25, 0.3) is 0 Å². The van der Waals surface area contributed by atoms with Crippen LogP contribution in [0.1, 0.15) is 38.3 Å². The second-order valence-electron chi connectivity index (χ2n) is 5.89. The summed E-state index contributed by atoms with van der Waals surface area (Å²) < 4.78 is 1.22. The van der Waals surface area contributed by atoms with Crippen LogP contribution in [0.4, 0.5) is 0 Å². The Labute approximate surface area is 143 Å². The van der Waals surface area contributed by atoms with Gasteiger partial charge in [-0.3, -0.25) is 4.90 Å². The summed E-state index contributed by atoms with van der Waals surface area (Å²) in [5.74, 6) is 1.20. The van der Waals surface area contributed by atoms with Gasteiger partial charge in [-0.05, 0) is 36.9 Å². The van der Waals surface area contributed by atoms with Crippen LogP contribution in [0.15, 0.2) is 22.7 Å². The summed E-state index contributed by atoms with van der Waals surface area (Å²) in [4.78, 5) is 2.46. The molecule has 0 radical (unpaired) electrons. The fraction of sp³-hybridized carbons (Fsp3) is 0.647. The number of rotatable bonds is 9. The predicted octanol–water partition coefficient (Wildman–Crippen LogP) is 4.52. The number of halogens is 1. The number of thioether (sulfide) groups is 1. The maximum absolute atomic E-state index is 3.73. The zero-order valence-corrected chi connectivity index (χ0v) is 16.4. The van der Waals surface area contributed by atoms with Crippen molar-refractivity contribution in [2.45, 2.75) is 52.4 Å². The van der Waals surface area contributed by atoms with E-state index in [1.165, 1.54) is 27.8 Å². The van der Waals surface area contributed by atoms with Gasteiger partial charge in [0.1, 0.15) is 0 Å². The highest BCUT2D eigenvalue weighted by Crippen LogP contribution is 2.22. The zero-order valence-electron chi connectivity index (χ0n) is 13.9. The molecule has 120 valence electrons. The molecule has 1 N–H and O–H groups in total. The highest BCUT2D eigenvalue weighted by Gasteiger charge is 2.13. The lowest BCUT2D eigenvalue weighted by atomic mass is 10.1. The Morgan fingerprint density at radius 3 is 2.57 bits per heavy atom. The molecule has 0 aliphatic carbocycles. The zero-order chi connectivity index (χ0) is 15.8. The van der Waals surface area contributed by atoms with Crippen molar-refractivity contribution in [1.82, 2.24) is 10.2 Å². The average Bonchev–Trinajstić information content (AvgIpc) is 2.44. The van der Waals surface area contributed by atoms with Gasteiger partial charge in [0.15, 0.2) is 0 Å². The standard InChI is InChI=1S/C17H29BrN2S/c1-6-16(12-21-5)20(4)11-15-8-7-14(9-17(15)18)10-19-13(2)3/h7-9,13,16,19H,6,10-12H2,1-5H3. The van der Waals surface area contributed by atoms with Gasteiger partial charge in [0.25, 0.3) is 0 Å². The molecule has 0 saturated carbocycles. The van der Waals surface area contributed by atoms with E-state index in [1.54, 1.807) is 0 Å². The van der Waals surface area contributed by atoms with Gasteiger partial charge in [0.05, 0.1) is 0 Å². The van der Waals surface area contributed by atoms with Crippen LogP contribution < -0.4 is 5.32 Å². The van der Waals surface area contributed by atoms with E-state index < -0.39 is 0 Å². The molecule has 0 heterocycles. The Morgan fingerprint density at radius 2 is 2.05 bits per heavy atom. The normalized spacial score (nSPS) is 13.1. The fourth-order valence-electron chi connectivity index (χ4n) is 2.30. The van der Waals surface area contributed by atoms with E-state index in [1.807, 2.05) is 11.8 Å². The van der Waals surface area contributed by atoms with Crippen LogP contribution >= 0.6 is 27.7 Å². The van der Waals surface area contributed by atoms with Crippen LogP contribution in [0.5, 0.6) is 0 Å². The Kier molecular flexibility index (Phi) is 8.95. The highest BCUT2D eigenvalue weighted by atomic mass is 79.9. The van der Waals surface area contributed by atoms with Crippen LogP contribution in [0, 0.1) is 0 Å². The first kappa shape index (κ1) is 19.0. The molecular weight excluding hydrogens is 344 g/mol. The molecule has 2 nitrogen and oxygen atoms in total. The molecule has 0 aromatic heterocycles. The van der Waals surface area contributed by atoms with Gasteiger partial charge in [0, 0.05) is 35.4 Å². The number of hydrogen-bond donors (Lipinski definition) is 1. The molecule has 0 spiro atoms. The fourth-order valence-corrected chi connectivity index (χ4v) is 3.72. The minimum absolute atomic E-state index is 0.520. The molecular formula is C17H29BrN2S. The van der Waals surface area contributed by atoms with E-state index in [0.717, 1.165) is 13.1 Å². The number of hydrogen-bond acceptors (Lipinski definition) is 3. The Balaban J connectivity index is 2.67. The lowest BCUT2D eigenvalue weighted by Gasteiger charge is -2.27. The Morgan fingerprint density at radius 1 is 1.33 bits per heavy atom. The molecule has 0 amide bonds. The maximum Gasteiger partial charge on any atom is 0.0245 e. The van der Waals surface area contributed by atoms with Gasteiger partial charge in [-0.25, -0.2) is 0 Å². The molecule has 1 rings (SSSR count). The van der Waals surface area contributed by atoms with Gasteiger partial charge < -0.3 is 5.32 Å². The topological polar surface area (TPSA) is 15.3 Å². The number of nitrogens with zero attached hydrogens (tertiary/aromatic N) is 1. The van der Waals surface area contributed by atoms with Crippen molar-refractivity contribution in [3.05, 3.63) is 33.8 Å². The maximum atomic E-state index is 3.73. The highest BCUT2D eigenvalue weighted by molar-refractivity contribution is 9.10. The van der Waals surface area contributed by atoms with E-state index in [2.05, 4.69) is 78.4 Å². The van der Waals surface area contributed by atoms with Gasteiger partial charge in [-0.2, -0.15) is 11.8 Å². The first-order chi connectivity index (χ1) is 9.97. The number of benzene rings is 1. The van der Waals surface area contributed by atoms with E-state index in [-0.39, 0.29) is 0 Å². The van der Waals surface area contributed by atoms with E-state index in [0.29, 0.717) is 12.1 Å². The molecule has 0 bridgehead atoms. The lowest BCUT2D eigenvalue weighted by Crippen LogP contribution is -2.32. The van der Waals surface area contributed by atoms with Gasteiger partial charge >= 0.3 is 0 Å². The molecule has 0 fully saturated rings. The van der Waals surface area contributed by atoms with Gasteiger partial charge in [-0.15, -0.1) is 0 Å². The third-order valence-corrected chi connectivity index (χ3v) is 5.16. The summed E-state index contributed by atoms with van der Waals surface area (Å²) in [6.45, 7) is 8.55. The first-order valence-electron chi connectivity index (χ1n) is 7.67. The van der Waals surface area contributed by atoms with Gasteiger partial charge in [-0.1, -0.05) is 48.8 Å². The van der Waals surface area contributed by atoms with Crippen LogP contribution in [0.2, 0.25) is 0 Å². The average molecular weight is 373 g/mol. The molecule has 4 heteroatoms. The second-order valence-corrected chi connectivity index (χ2v) is 7.66. The Bertz CT molecular complexity index is 423. The van der Waals surface area contributed by atoms with Crippen LogP contribution in [-0.4, -0.2) is 36.0 Å². The summed E-state index contributed by atoms with van der Waals surface area (Å²) in [5.41, 5.74) is 2.70. The molecule has 21 heavy (non-hydrogen) atoms. The molecule has 0 aliphatic heterocycles. The van der Waals surface area contributed by atoms with Crippen molar-refractivity contribution in [2.24, 2.45) is 0 Å². The lowest BCUT2D eigenvalue weighted by molar-refractivity contribution is 0.247.